The molecule has 2 heteroatoms. The maximum Gasteiger partial charge on any atom is 0.330 e. The summed E-state index contributed by atoms with van der Waals surface area (Å²) in [6.07, 6.45) is 9.30. The molecule has 0 aliphatic rings. The van der Waals surface area contributed by atoms with Crippen LogP contribution in [0.2, 0.25) is 0 Å². The molecule has 0 saturated carbocycles. The van der Waals surface area contributed by atoms with Gasteiger partial charge in [0.1, 0.15) is 0 Å². The monoisotopic (exact) mass is 266 g/mol. The molecule has 0 amide bonds. The number of allylic oxidation sites excluding steroid dienone is 3. The van der Waals surface area contributed by atoms with E-state index in [4.69, 9.17) is 0 Å². The zero-order chi connectivity index (χ0) is 14.8. The highest BCUT2D eigenvalue weighted by atomic mass is 16.5. The lowest BCUT2D eigenvalue weighted by Gasteiger charge is -2.17. The lowest BCUT2D eigenvalue weighted by molar-refractivity contribution is -0.134. The molecule has 0 aromatic rings. The predicted octanol–water partition coefficient (Wildman–Crippen LogP) is 4.76. The summed E-state index contributed by atoms with van der Waals surface area (Å²) in [5.41, 5.74) is 0.939. The van der Waals surface area contributed by atoms with Gasteiger partial charge >= 0.3 is 5.97 Å². The summed E-state index contributed by atoms with van der Waals surface area (Å²) < 4.78 is 4.59. The highest BCUT2D eigenvalue weighted by Crippen LogP contribution is 2.21. The van der Waals surface area contributed by atoms with Gasteiger partial charge in [-0.1, -0.05) is 52.7 Å². The fourth-order valence-corrected chi connectivity index (χ4v) is 1.78. The molecule has 0 spiro atoms. The van der Waals surface area contributed by atoms with E-state index in [1.54, 1.807) is 0 Å². The number of rotatable bonds is 8. The summed E-state index contributed by atoms with van der Waals surface area (Å²) in [7, 11) is 1.40. The van der Waals surface area contributed by atoms with Crippen molar-refractivity contribution in [2.75, 3.05) is 7.11 Å². The lowest BCUT2D eigenvalue weighted by Crippen LogP contribution is -2.06. The summed E-state index contributed by atoms with van der Waals surface area (Å²) in [6, 6.07) is 0. The van der Waals surface area contributed by atoms with Crippen molar-refractivity contribution in [1.29, 1.82) is 0 Å². The standard InChI is InChI=1S/C17H30O2/c1-13(2)16(5)11-10-14(3)8-7-9-15(4)12-17(18)19-6/h7,9,12-14,16H,8,10-11H2,1-6H3/b9-7+,15-12+. The molecule has 2 atom stereocenters. The van der Waals surface area contributed by atoms with Crippen molar-refractivity contribution in [2.45, 2.75) is 53.9 Å². The number of carbonyl (C=O) groups excluding carboxylic acids is 1. The highest BCUT2D eigenvalue weighted by molar-refractivity contribution is 5.83. The molecule has 0 fully saturated rings. The van der Waals surface area contributed by atoms with Gasteiger partial charge in [-0.3, -0.25) is 0 Å². The van der Waals surface area contributed by atoms with Crippen molar-refractivity contribution in [3.05, 3.63) is 23.8 Å². The van der Waals surface area contributed by atoms with E-state index in [0.717, 1.165) is 23.8 Å². The number of carbonyl (C=O) groups is 1. The third-order valence-electron chi connectivity index (χ3n) is 3.72. The van der Waals surface area contributed by atoms with Gasteiger partial charge < -0.3 is 4.74 Å². The Morgan fingerprint density at radius 1 is 1.16 bits per heavy atom. The van der Waals surface area contributed by atoms with Crippen molar-refractivity contribution < 1.29 is 9.53 Å². The van der Waals surface area contributed by atoms with Crippen LogP contribution in [0.3, 0.4) is 0 Å². The van der Waals surface area contributed by atoms with Crippen LogP contribution < -0.4 is 0 Å². The van der Waals surface area contributed by atoms with Crippen LogP contribution >= 0.6 is 0 Å². The fourth-order valence-electron chi connectivity index (χ4n) is 1.78. The summed E-state index contributed by atoms with van der Waals surface area (Å²) in [5.74, 6) is 1.98. The Morgan fingerprint density at radius 2 is 1.79 bits per heavy atom. The molecule has 0 saturated heterocycles. The van der Waals surface area contributed by atoms with E-state index in [0.29, 0.717) is 5.92 Å². The number of methoxy groups -OCH3 is 1. The van der Waals surface area contributed by atoms with Crippen LogP contribution in [0.5, 0.6) is 0 Å². The first-order valence-electron chi connectivity index (χ1n) is 7.29. The fraction of sp³-hybridized carbons (Fsp3) is 0.706. The zero-order valence-corrected chi connectivity index (χ0v) is 13.4. The molecule has 2 nitrogen and oxygen atoms in total. The molecule has 0 aromatic heterocycles. The topological polar surface area (TPSA) is 26.3 Å². The van der Waals surface area contributed by atoms with Gasteiger partial charge in [0.15, 0.2) is 0 Å². The molecule has 0 radical (unpaired) electrons. The van der Waals surface area contributed by atoms with E-state index in [1.165, 1.54) is 26.0 Å². The van der Waals surface area contributed by atoms with E-state index in [9.17, 15) is 4.79 Å². The molecule has 0 bridgehead atoms. The Balaban J connectivity index is 3.99. The first-order valence-corrected chi connectivity index (χ1v) is 7.29. The molecule has 19 heavy (non-hydrogen) atoms. The first kappa shape index (κ1) is 17.9. The second-order valence-electron chi connectivity index (χ2n) is 5.95. The quantitative estimate of drug-likeness (QED) is 0.360. The average Bonchev–Trinajstić information content (AvgIpc) is 2.35. The number of ether oxygens (including phenoxy) is 1. The highest BCUT2D eigenvalue weighted by Gasteiger charge is 2.08. The largest absolute Gasteiger partial charge is 0.466 e. The number of esters is 1. The van der Waals surface area contributed by atoms with Crippen LogP contribution in [0.1, 0.15) is 53.9 Å². The summed E-state index contributed by atoms with van der Waals surface area (Å²) >= 11 is 0. The van der Waals surface area contributed by atoms with Gasteiger partial charge in [-0.2, -0.15) is 0 Å². The molecule has 0 aliphatic carbocycles. The van der Waals surface area contributed by atoms with Crippen molar-refractivity contribution >= 4 is 5.97 Å². The number of hydrogen-bond donors (Lipinski definition) is 0. The maximum absolute atomic E-state index is 11.0. The lowest BCUT2D eigenvalue weighted by atomic mass is 9.89. The SMILES string of the molecule is COC(=O)/C=C(C)/C=C/CC(C)CCC(C)C(C)C. The minimum atomic E-state index is -0.291. The molecular weight excluding hydrogens is 236 g/mol. The van der Waals surface area contributed by atoms with Crippen molar-refractivity contribution in [3.8, 4) is 0 Å². The molecule has 0 heterocycles. The minimum Gasteiger partial charge on any atom is -0.466 e. The molecule has 2 unspecified atom stereocenters. The Bertz CT molecular complexity index is 313. The normalized spacial score (nSPS) is 15.8. The van der Waals surface area contributed by atoms with Crippen LogP contribution in [-0.4, -0.2) is 13.1 Å². The second kappa shape index (κ2) is 9.82. The van der Waals surface area contributed by atoms with Gasteiger partial charge in [-0.25, -0.2) is 4.79 Å². The Morgan fingerprint density at radius 3 is 2.32 bits per heavy atom. The summed E-state index contributed by atoms with van der Waals surface area (Å²) in [6.45, 7) is 11.1. The third-order valence-corrected chi connectivity index (χ3v) is 3.72. The van der Waals surface area contributed by atoms with Gasteiger partial charge in [0, 0.05) is 6.08 Å². The molecule has 0 N–H and O–H groups in total. The number of hydrogen-bond acceptors (Lipinski definition) is 2. The Labute approximate surface area is 118 Å². The van der Waals surface area contributed by atoms with Crippen molar-refractivity contribution in [2.24, 2.45) is 17.8 Å². The van der Waals surface area contributed by atoms with Gasteiger partial charge in [0.25, 0.3) is 0 Å². The minimum absolute atomic E-state index is 0.291. The zero-order valence-electron chi connectivity index (χ0n) is 13.4. The summed E-state index contributed by atoms with van der Waals surface area (Å²) in [5, 5.41) is 0. The Hall–Kier alpha value is -1.05. The first-order chi connectivity index (χ1) is 8.86. The third kappa shape index (κ3) is 9.52. The molecule has 0 rings (SSSR count). The van der Waals surface area contributed by atoms with Crippen LogP contribution in [0.25, 0.3) is 0 Å². The predicted molar refractivity (Wildman–Crippen MR) is 81.9 cm³/mol. The van der Waals surface area contributed by atoms with Crippen LogP contribution in [0, 0.1) is 17.8 Å². The van der Waals surface area contributed by atoms with Crippen molar-refractivity contribution in [3.63, 3.8) is 0 Å². The van der Waals surface area contributed by atoms with Crippen LogP contribution in [-0.2, 0) is 9.53 Å². The van der Waals surface area contributed by atoms with E-state index in [1.807, 2.05) is 13.0 Å². The van der Waals surface area contributed by atoms with E-state index in [-0.39, 0.29) is 5.97 Å². The average molecular weight is 266 g/mol. The maximum atomic E-state index is 11.0. The molecule has 0 aliphatic heterocycles. The smallest absolute Gasteiger partial charge is 0.330 e. The van der Waals surface area contributed by atoms with Gasteiger partial charge in [-0.15, -0.1) is 0 Å². The van der Waals surface area contributed by atoms with Gasteiger partial charge in [0.2, 0.25) is 0 Å². The van der Waals surface area contributed by atoms with Crippen LogP contribution in [0.15, 0.2) is 23.8 Å². The van der Waals surface area contributed by atoms with E-state index in [2.05, 4.69) is 38.5 Å². The Kier molecular flexibility index (Phi) is 9.28. The summed E-state index contributed by atoms with van der Waals surface area (Å²) in [4.78, 5) is 11.0. The van der Waals surface area contributed by atoms with E-state index >= 15 is 0 Å². The van der Waals surface area contributed by atoms with E-state index < -0.39 is 0 Å². The second-order valence-corrected chi connectivity index (χ2v) is 5.95. The molecular formula is C17H30O2. The van der Waals surface area contributed by atoms with Gasteiger partial charge in [-0.05, 0) is 36.7 Å². The molecule has 0 aromatic carbocycles. The van der Waals surface area contributed by atoms with Crippen LogP contribution in [0.4, 0.5) is 0 Å². The van der Waals surface area contributed by atoms with Crippen molar-refractivity contribution in [1.82, 2.24) is 0 Å². The molecule has 110 valence electrons. The van der Waals surface area contributed by atoms with Gasteiger partial charge in [0.05, 0.1) is 7.11 Å².